The van der Waals surface area contributed by atoms with Crippen molar-refractivity contribution in [3.05, 3.63) is 66.0 Å². The molecule has 0 fully saturated rings. The van der Waals surface area contributed by atoms with Crippen molar-refractivity contribution in [2.75, 3.05) is 6.54 Å². The zero-order chi connectivity index (χ0) is 18.8. The van der Waals surface area contributed by atoms with E-state index in [9.17, 15) is 9.59 Å². The first-order valence-electron chi connectivity index (χ1n) is 9.07. The zero-order valence-corrected chi connectivity index (χ0v) is 15.5. The fourth-order valence-corrected chi connectivity index (χ4v) is 2.53. The molecule has 0 radical (unpaired) electrons. The van der Waals surface area contributed by atoms with Crippen molar-refractivity contribution in [1.29, 1.82) is 0 Å². The fraction of sp³-hybridized carbons (Fsp3) is 0.381. The van der Waals surface area contributed by atoms with Gasteiger partial charge in [0.2, 0.25) is 11.8 Å². The van der Waals surface area contributed by atoms with Crippen LogP contribution in [-0.4, -0.2) is 28.4 Å². The van der Waals surface area contributed by atoms with E-state index in [2.05, 4.69) is 24.3 Å². The number of amides is 2. The number of carbonyl (C=O) groups is 2. The summed E-state index contributed by atoms with van der Waals surface area (Å²) >= 11 is 0. The number of hydrogen-bond donors (Lipinski definition) is 1. The molecule has 2 rings (SSSR count). The molecule has 0 aliphatic carbocycles. The van der Waals surface area contributed by atoms with E-state index in [1.807, 2.05) is 36.4 Å². The molecule has 0 unspecified atom stereocenters. The van der Waals surface area contributed by atoms with Crippen molar-refractivity contribution in [3.63, 3.8) is 0 Å². The van der Waals surface area contributed by atoms with Gasteiger partial charge in [-0.15, -0.1) is 0 Å². The first-order valence-corrected chi connectivity index (χ1v) is 9.07. The highest BCUT2D eigenvalue weighted by molar-refractivity contribution is 5.83. The minimum Gasteiger partial charge on any atom is -0.273 e. The van der Waals surface area contributed by atoms with Crippen LogP contribution in [0.5, 0.6) is 0 Å². The Hall–Kier alpha value is -2.69. The molecule has 2 amide bonds. The number of carbonyl (C=O) groups excluding carboxylic acids is 2. The number of nitrogens with zero attached hydrogens (tertiary/aromatic N) is 2. The van der Waals surface area contributed by atoms with E-state index in [-0.39, 0.29) is 18.2 Å². The molecule has 2 aromatic rings. The molecule has 1 aromatic heterocycles. The Labute approximate surface area is 155 Å². The Morgan fingerprint density at radius 1 is 1.08 bits per heavy atom. The van der Waals surface area contributed by atoms with Gasteiger partial charge in [-0.2, -0.15) is 0 Å². The third-order valence-electron chi connectivity index (χ3n) is 4.05. The van der Waals surface area contributed by atoms with Gasteiger partial charge in [0, 0.05) is 25.4 Å². The minimum absolute atomic E-state index is 0.119. The molecule has 5 heteroatoms. The largest absolute Gasteiger partial charge is 0.273 e. The Morgan fingerprint density at radius 2 is 1.81 bits per heavy atom. The summed E-state index contributed by atoms with van der Waals surface area (Å²) in [5, 5.41) is 1.45. The van der Waals surface area contributed by atoms with Crippen LogP contribution in [0.25, 0.3) is 0 Å². The van der Waals surface area contributed by atoms with Gasteiger partial charge in [-0.3, -0.25) is 25.0 Å². The van der Waals surface area contributed by atoms with Crippen LogP contribution in [-0.2, 0) is 22.4 Å². The maximum absolute atomic E-state index is 12.7. The van der Waals surface area contributed by atoms with Crippen LogP contribution in [0.15, 0.2) is 54.9 Å². The van der Waals surface area contributed by atoms with Crippen LogP contribution in [0.3, 0.4) is 0 Å². The van der Waals surface area contributed by atoms with E-state index >= 15 is 0 Å². The lowest BCUT2D eigenvalue weighted by molar-refractivity contribution is -0.141. The van der Waals surface area contributed by atoms with Gasteiger partial charge in [-0.05, 0) is 36.0 Å². The zero-order valence-electron chi connectivity index (χ0n) is 15.5. The van der Waals surface area contributed by atoms with E-state index in [4.69, 9.17) is 0 Å². The number of benzene rings is 1. The van der Waals surface area contributed by atoms with Gasteiger partial charge in [0.1, 0.15) is 0 Å². The van der Waals surface area contributed by atoms with Crippen molar-refractivity contribution in [2.45, 2.75) is 39.5 Å². The number of pyridine rings is 1. The second-order valence-corrected chi connectivity index (χ2v) is 6.79. The van der Waals surface area contributed by atoms with Crippen LogP contribution >= 0.6 is 0 Å². The number of nitrogens with one attached hydrogen (secondary N) is 1. The normalized spacial score (nSPS) is 10.6. The molecular formula is C21H27N3O2. The van der Waals surface area contributed by atoms with E-state index in [0.29, 0.717) is 25.3 Å². The molecule has 0 aliphatic rings. The van der Waals surface area contributed by atoms with Gasteiger partial charge in [0.15, 0.2) is 0 Å². The van der Waals surface area contributed by atoms with Crippen LogP contribution < -0.4 is 5.43 Å². The fourth-order valence-electron chi connectivity index (χ4n) is 2.53. The van der Waals surface area contributed by atoms with E-state index in [0.717, 1.165) is 17.5 Å². The molecule has 0 spiro atoms. The highest BCUT2D eigenvalue weighted by Crippen LogP contribution is 2.06. The highest BCUT2D eigenvalue weighted by atomic mass is 16.2. The lowest BCUT2D eigenvalue weighted by atomic mass is 10.1. The number of hydrazine groups is 1. The lowest BCUT2D eigenvalue weighted by Crippen LogP contribution is -2.47. The SMILES string of the molecule is CC(C)CCC(=O)NN(CCc1ccccc1)C(=O)Cc1cccnc1. The summed E-state index contributed by atoms with van der Waals surface area (Å²) in [7, 11) is 0. The van der Waals surface area contributed by atoms with Gasteiger partial charge in [-0.1, -0.05) is 50.2 Å². The van der Waals surface area contributed by atoms with Crippen LogP contribution in [0.2, 0.25) is 0 Å². The Kier molecular flexibility index (Phi) is 7.80. The van der Waals surface area contributed by atoms with Gasteiger partial charge in [0.25, 0.3) is 0 Å². The predicted molar refractivity (Wildman–Crippen MR) is 102 cm³/mol. The smallest absolute Gasteiger partial charge is 0.245 e. The third kappa shape index (κ3) is 7.05. The summed E-state index contributed by atoms with van der Waals surface area (Å²) in [6.07, 6.45) is 5.47. The summed E-state index contributed by atoms with van der Waals surface area (Å²) in [5.74, 6) is 0.197. The molecule has 0 saturated heterocycles. The first-order chi connectivity index (χ1) is 12.5. The number of hydrogen-bond acceptors (Lipinski definition) is 3. The number of aromatic nitrogens is 1. The lowest BCUT2D eigenvalue weighted by Gasteiger charge is -2.24. The van der Waals surface area contributed by atoms with E-state index in [1.54, 1.807) is 18.5 Å². The molecule has 5 nitrogen and oxygen atoms in total. The van der Waals surface area contributed by atoms with Gasteiger partial charge in [-0.25, -0.2) is 0 Å². The molecular weight excluding hydrogens is 326 g/mol. The molecule has 26 heavy (non-hydrogen) atoms. The van der Waals surface area contributed by atoms with Crippen LogP contribution in [0.1, 0.15) is 37.8 Å². The van der Waals surface area contributed by atoms with Crippen molar-refractivity contribution >= 4 is 11.8 Å². The van der Waals surface area contributed by atoms with Crippen LogP contribution in [0, 0.1) is 5.92 Å². The highest BCUT2D eigenvalue weighted by Gasteiger charge is 2.17. The summed E-state index contributed by atoms with van der Waals surface area (Å²) in [6.45, 7) is 4.60. The average molecular weight is 353 g/mol. The van der Waals surface area contributed by atoms with Crippen molar-refractivity contribution in [1.82, 2.24) is 15.4 Å². The van der Waals surface area contributed by atoms with E-state index in [1.165, 1.54) is 5.01 Å². The molecule has 0 bridgehead atoms. The molecule has 1 N–H and O–H groups in total. The molecule has 0 atom stereocenters. The van der Waals surface area contributed by atoms with Crippen molar-refractivity contribution in [3.8, 4) is 0 Å². The summed E-state index contributed by atoms with van der Waals surface area (Å²) < 4.78 is 0. The predicted octanol–water partition coefficient (Wildman–Crippen LogP) is 3.16. The minimum atomic E-state index is -0.133. The second kappa shape index (κ2) is 10.3. The summed E-state index contributed by atoms with van der Waals surface area (Å²) in [6, 6.07) is 13.6. The molecule has 1 aromatic carbocycles. The Balaban J connectivity index is 1.99. The molecule has 1 heterocycles. The first kappa shape index (κ1) is 19.6. The molecule has 0 saturated carbocycles. The molecule has 0 aliphatic heterocycles. The maximum Gasteiger partial charge on any atom is 0.245 e. The van der Waals surface area contributed by atoms with Gasteiger partial charge < -0.3 is 0 Å². The van der Waals surface area contributed by atoms with Gasteiger partial charge >= 0.3 is 0 Å². The average Bonchev–Trinajstić information content (AvgIpc) is 2.65. The Bertz CT molecular complexity index is 687. The third-order valence-corrected chi connectivity index (χ3v) is 4.05. The maximum atomic E-state index is 12.7. The quantitative estimate of drug-likeness (QED) is 0.742. The monoisotopic (exact) mass is 353 g/mol. The van der Waals surface area contributed by atoms with Crippen molar-refractivity contribution < 1.29 is 9.59 Å². The standard InChI is InChI=1S/C21H27N3O2/c1-17(2)10-11-20(25)23-24(14-12-18-7-4-3-5-8-18)21(26)15-19-9-6-13-22-16-19/h3-9,13,16-17H,10-12,14-15H2,1-2H3,(H,23,25). The van der Waals surface area contributed by atoms with Crippen LogP contribution in [0.4, 0.5) is 0 Å². The second-order valence-electron chi connectivity index (χ2n) is 6.79. The van der Waals surface area contributed by atoms with Gasteiger partial charge in [0.05, 0.1) is 6.42 Å². The topological polar surface area (TPSA) is 62.3 Å². The summed E-state index contributed by atoms with van der Waals surface area (Å²) in [4.78, 5) is 28.9. The number of rotatable bonds is 8. The Morgan fingerprint density at radius 3 is 2.46 bits per heavy atom. The van der Waals surface area contributed by atoms with E-state index < -0.39 is 0 Å². The summed E-state index contributed by atoms with van der Waals surface area (Å²) in [5.41, 5.74) is 4.75. The molecule has 138 valence electrons. The van der Waals surface area contributed by atoms with Crippen molar-refractivity contribution in [2.24, 2.45) is 5.92 Å².